The minimum atomic E-state index is -0.399. The number of hydrogen-bond donors (Lipinski definition) is 0. The van der Waals surface area contributed by atoms with Crippen LogP contribution >= 0.6 is 27.3 Å². The Morgan fingerprint density at radius 1 is 1.39 bits per heavy atom. The number of nitro benzene ring substituents is 1. The standard InChI is InChI=1S/C12H10BrNO3S/c1-8-2-3-9(6-11(8)14(15)16)17-7-10-4-5-12(13)18-10/h2-6H,7H2,1H3. The highest BCUT2D eigenvalue weighted by Gasteiger charge is 2.11. The van der Waals surface area contributed by atoms with Gasteiger partial charge in [-0.1, -0.05) is 0 Å². The van der Waals surface area contributed by atoms with E-state index in [2.05, 4.69) is 15.9 Å². The molecule has 94 valence electrons. The van der Waals surface area contributed by atoms with Crippen LogP contribution in [0.2, 0.25) is 0 Å². The lowest BCUT2D eigenvalue weighted by Crippen LogP contribution is -1.96. The summed E-state index contributed by atoms with van der Waals surface area (Å²) in [5, 5.41) is 10.8. The van der Waals surface area contributed by atoms with E-state index in [4.69, 9.17) is 4.74 Å². The van der Waals surface area contributed by atoms with Crippen molar-refractivity contribution in [3.05, 3.63) is 54.7 Å². The fourth-order valence-corrected chi connectivity index (χ4v) is 2.86. The molecule has 1 aromatic heterocycles. The van der Waals surface area contributed by atoms with Crippen molar-refractivity contribution in [1.29, 1.82) is 0 Å². The van der Waals surface area contributed by atoms with Crippen molar-refractivity contribution in [3.63, 3.8) is 0 Å². The van der Waals surface area contributed by atoms with Crippen molar-refractivity contribution < 1.29 is 9.66 Å². The van der Waals surface area contributed by atoms with Crippen LogP contribution in [-0.4, -0.2) is 4.92 Å². The molecule has 0 spiro atoms. The van der Waals surface area contributed by atoms with E-state index in [-0.39, 0.29) is 5.69 Å². The molecule has 0 saturated heterocycles. The van der Waals surface area contributed by atoms with Crippen molar-refractivity contribution in [1.82, 2.24) is 0 Å². The maximum absolute atomic E-state index is 10.8. The third-order valence-electron chi connectivity index (χ3n) is 2.39. The number of ether oxygens (including phenoxy) is 1. The van der Waals surface area contributed by atoms with Crippen LogP contribution in [0.25, 0.3) is 0 Å². The number of nitrogens with zero attached hydrogens (tertiary/aromatic N) is 1. The lowest BCUT2D eigenvalue weighted by atomic mass is 10.2. The van der Waals surface area contributed by atoms with Gasteiger partial charge in [-0.3, -0.25) is 10.1 Å². The zero-order valence-corrected chi connectivity index (χ0v) is 12.0. The minimum absolute atomic E-state index is 0.0832. The number of benzene rings is 1. The third-order valence-corrected chi connectivity index (χ3v) is 3.98. The molecule has 2 aromatic rings. The Kier molecular flexibility index (Phi) is 3.98. The monoisotopic (exact) mass is 327 g/mol. The number of nitro groups is 1. The van der Waals surface area contributed by atoms with E-state index in [1.165, 1.54) is 6.07 Å². The molecule has 0 saturated carbocycles. The van der Waals surface area contributed by atoms with Crippen LogP contribution in [0, 0.1) is 17.0 Å². The second-order valence-corrected chi connectivity index (χ2v) is 6.25. The van der Waals surface area contributed by atoms with Crippen molar-refractivity contribution in [2.24, 2.45) is 0 Å². The minimum Gasteiger partial charge on any atom is -0.488 e. The summed E-state index contributed by atoms with van der Waals surface area (Å²) in [5.74, 6) is 0.511. The summed E-state index contributed by atoms with van der Waals surface area (Å²) < 4.78 is 6.57. The summed E-state index contributed by atoms with van der Waals surface area (Å²) in [6, 6.07) is 8.79. The highest BCUT2D eigenvalue weighted by Crippen LogP contribution is 2.26. The van der Waals surface area contributed by atoms with Gasteiger partial charge in [0, 0.05) is 10.4 Å². The predicted molar refractivity (Wildman–Crippen MR) is 74.2 cm³/mol. The van der Waals surface area contributed by atoms with Crippen molar-refractivity contribution in [2.45, 2.75) is 13.5 Å². The summed E-state index contributed by atoms with van der Waals surface area (Å²) in [6.07, 6.45) is 0. The van der Waals surface area contributed by atoms with Gasteiger partial charge in [-0.05, 0) is 47.1 Å². The number of hydrogen-bond acceptors (Lipinski definition) is 4. The highest BCUT2D eigenvalue weighted by atomic mass is 79.9. The Hall–Kier alpha value is -1.40. The van der Waals surface area contributed by atoms with E-state index in [1.807, 2.05) is 12.1 Å². The molecule has 1 aromatic carbocycles. The zero-order chi connectivity index (χ0) is 13.1. The van der Waals surface area contributed by atoms with Gasteiger partial charge >= 0.3 is 0 Å². The molecule has 0 fully saturated rings. The average molecular weight is 328 g/mol. The first-order valence-corrected chi connectivity index (χ1v) is 6.79. The second kappa shape index (κ2) is 5.49. The summed E-state index contributed by atoms with van der Waals surface area (Å²) in [4.78, 5) is 11.5. The summed E-state index contributed by atoms with van der Waals surface area (Å²) in [7, 11) is 0. The number of halogens is 1. The Morgan fingerprint density at radius 2 is 2.17 bits per heavy atom. The van der Waals surface area contributed by atoms with Gasteiger partial charge in [0.25, 0.3) is 5.69 Å². The Balaban J connectivity index is 2.10. The number of aryl methyl sites for hydroxylation is 1. The fourth-order valence-electron chi connectivity index (χ4n) is 1.46. The Labute approximate surface area is 116 Å². The van der Waals surface area contributed by atoms with Crippen LogP contribution in [0.5, 0.6) is 5.75 Å². The van der Waals surface area contributed by atoms with E-state index < -0.39 is 4.92 Å². The molecule has 2 rings (SSSR count). The van der Waals surface area contributed by atoms with Crippen LogP contribution in [0.1, 0.15) is 10.4 Å². The zero-order valence-electron chi connectivity index (χ0n) is 9.55. The van der Waals surface area contributed by atoms with E-state index in [0.29, 0.717) is 17.9 Å². The molecular formula is C12H10BrNO3S. The molecule has 0 radical (unpaired) electrons. The summed E-state index contributed by atoms with van der Waals surface area (Å²) in [6.45, 7) is 2.12. The molecule has 1 heterocycles. The molecule has 4 nitrogen and oxygen atoms in total. The molecule has 0 aliphatic rings. The molecule has 0 aliphatic carbocycles. The SMILES string of the molecule is Cc1ccc(OCc2ccc(Br)s2)cc1[N+](=O)[O-]. The van der Waals surface area contributed by atoms with Gasteiger partial charge < -0.3 is 4.74 Å². The molecule has 0 bridgehead atoms. The van der Waals surface area contributed by atoms with Crippen LogP contribution in [-0.2, 0) is 6.61 Å². The normalized spacial score (nSPS) is 10.3. The molecule has 0 N–H and O–H groups in total. The van der Waals surface area contributed by atoms with Crippen molar-refractivity contribution in [2.75, 3.05) is 0 Å². The lowest BCUT2D eigenvalue weighted by Gasteiger charge is -2.05. The molecule has 0 atom stereocenters. The molecule has 0 amide bonds. The quantitative estimate of drug-likeness (QED) is 0.621. The first kappa shape index (κ1) is 13.0. The first-order valence-electron chi connectivity index (χ1n) is 5.18. The Morgan fingerprint density at radius 3 is 2.78 bits per heavy atom. The van der Waals surface area contributed by atoms with Gasteiger partial charge in [0.05, 0.1) is 14.8 Å². The van der Waals surface area contributed by atoms with E-state index >= 15 is 0 Å². The maximum Gasteiger partial charge on any atom is 0.276 e. The van der Waals surface area contributed by atoms with Gasteiger partial charge in [0.1, 0.15) is 12.4 Å². The van der Waals surface area contributed by atoms with Crippen LogP contribution < -0.4 is 4.74 Å². The maximum atomic E-state index is 10.8. The molecule has 18 heavy (non-hydrogen) atoms. The van der Waals surface area contributed by atoms with Crippen molar-refractivity contribution in [3.8, 4) is 5.75 Å². The van der Waals surface area contributed by atoms with Gasteiger partial charge in [-0.2, -0.15) is 0 Å². The summed E-state index contributed by atoms with van der Waals surface area (Å²) >= 11 is 4.95. The summed E-state index contributed by atoms with van der Waals surface area (Å²) in [5.41, 5.74) is 0.714. The number of thiophene rings is 1. The van der Waals surface area contributed by atoms with E-state index in [9.17, 15) is 10.1 Å². The third kappa shape index (κ3) is 3.08. The number of rotatable bonds is 4. The predicted octanol–water partition coefficient (Wildman–Crippen LogP) is 4.31. The van der Waals surface area contributed by atoms with Crippen LogP contribution in [0.3, 0.4) is 0 Å². The molecule has 0 aliphatic heterocycles. The smallest absolute Gasteiger partial charge is 0.276 e. The average Bonchev–Trinajstić information content (AvgIpc) is 2.74. The van der Waals surface area contributed by atoms with E-state index in [0.717, 1.165) is 8.66 Å². The second-order valence-electron chi connectivity index (χ2n) is 3.70. The highest BCUT2D eigenvalue weighted by molar-refractivity contribution is 9.11. The van der Waals surface area contributed by atoms with Crippen LogP contribution in [0.4, 0.5) is 5.69 Å². The fraction of sp³-hybridized carbons (Fsp3) is 0.167. The van der Waals surface area contributed by atoms with Crippen molar-refractivity contribution >= 4 is 33.0 Å². The molecule has 6 heteroatoms. The Bertz CT molecular complexity index is 582. The van der Waals surface area contributed by atoms with Gasteiger partial charge in [0.2, 0.25) is 0 Å². The van der Waals surface area contributed by atoms with Gasteiger partial charge in [0.15, 0.2) is 0 Å². The largest absolute Gasteiger partial charge is 0.488 e. The van der Waals surface area contributed by atoms with Crippen LogP contribution in [0.15, 0.2) is 34.1 Å². The van der Waals surface area contributed by atoms with E-state index in [1.54, 1.807) is 30.4 Å². The molecular weight excluding hydrogens is 318 g/mol. The van der Waals surface area contributed by atoms with Gasteiger partial charge in [-0.15, -0.1) is 11.3 Å². The topological polar surface area (TPSA) is 52.4 Å². The molecule has 0 unspecified atom stereocenters. The lowest BCUT2D eigenvalue weighted by molar-refractivity contribution is -0.385. The van der Waals surface area contributed by atoms with Gasteiger partial charge in [-0.25, -0.2) is 0 Å². The first-order chi connectivity index (χ1) is 8.56.